The van der Waals surface area contributed by atoms with Crippen LogP contribution in [0.2, 0.25) is 0 Å². The van der Waals surface area contributed by atoms with Gasteiger partial charge in [-0.15, -0.1) is 0 Å². The normalized spacial score (nSPS) is 14.6. The smallest absolute Gasteiger partial charge is 0.334 e. The van der Waals surface area contributed by atoms with Gasteiger partial charge < -0.3 is 4.81 Å². The molecule has 0 fully saturated rings. The van der Waals surface area contributed by atoms with E-state index >= 15 is 0 Å². The van der Waals surface area contributed by atoms with Gasteiger partial charge in [0, 0.05) is 12.0 Å². The lowest BCUT2D eigenvalue weighted by atomic mass is 9.48. The van der Waals surface area contributed by atoms with Gasteiger partial charge in [-0.1, -0.05) is 41.9 Å². The fourth-order valence-electron chi connectivity index (χ4n) is 2.01. The van der Waals surface area contributed by atoms with Crippen molar-refractivity contribution in [3.63, 3.8) is 0 Å². The van der Waals surface area contributed by atoms with Crippen LogP contribution >= 0.6 is 0 Å². The highest BCUT2D eigenvalue weighted by molar-refractivity contribution is 6.78. The summed E-state index contributed by atoms with van der Waals surface area (Å²) in [7, 11) is 0. The lowest BCUT2D eigenvalue weighted by molar-refractivity contribution is 0.615. The number of rotatable bonds is 2. The number of nitriles is 1. The second-order valence-electron chi connectivity index (χ2n) is 3.72. The van der Waals surface area contributed by atoms with Crippen LogP contribution in [0, 0.1) is 11.3 Å². The van der Waals surface area contributed by atoms with Gasteiger partial charge in [0.25, 0.3) is 0 Å². The van der Waals surface area contributed by atoms with E-state index in [-0.39, 0.29) is 6.85 Å². The van der Waals surface area contributed by atoms with Crippen LogP contribution in [0.3, 0.4) is 0 Å². The Bertz CT molecular complexity index is 457. The third kappa shape index (κ3) is 1.87. The molecule has 0 saturated carbocycles. The van der Waals surface area contributed by atoms with E-state index in [1.165, 1.54) is 5.46 Å². The zero-order chi connectivity index (χ0) is 11.4. The molecule has 3 heteroatoms. The first-order chi connectivity index (χ1) is 7.86. The number of benzene rings is 1. The van der Waals surface area contributed by atoms with Crippen molar-refractivity contribution in [3.8, 4) is 6.07 Å². The van der Waals surface area contributed by atoms with Crippen LogP contribution in [-0.2, 0) is 0 Å². The number of hydrogen-bond donors (Lipinski definition) is 0. The van der Waals surface area contributed by atoms with Crippen LogP contribution in [-0.4, -0.2) is 18.2 Å². The minimum atomic E-state index is 0.0706. The van der Waals surface area contributed by atoms with Crippen LogP contribution in [0.1, 0.15) is 6.92 Å². The lowest BCUT2D eigenvalue weighted by Crippen LogP contribution is -2.47. The minimum Gasteiger partial charge on any atom is -0.413 e. The van der Waals surface area contributed by atoms with E-state index in [1.807, 2.05) is 36.6 Å². The molecule has 1 aliphatic heterocycles. The minimum absolute atomic E-state index is 0.0706. The Labute approximate surface area is 96.6 Å². The monoisotopic (exact) mass is 208 g/mol. The van der Waals surface area contributed by atoms with Crippen molar-refractivity contribution in [3.05, 3.63) is 54.2 Å². The Hall–Kier alpha value is -1.95. The topological polar surface area (TPSA) is 27.0 Å². The maximum Gasteiger partial charge on any atom is 0.334 e. The highest BCUT2D eigenvalue weighted by Crippen LogP contribution is 2.12. The molecule has 16 heavy (non-hydrogen) atoms. The molecular formula is C13H13BN2. The van der Waals surface area contributed by atoms with Crippen LogP contribution in [0.15, 0.2) is 54.2 Å². The van der Waals surface area contributed by atoms with Crippen molar-refractivity contribution in [1.82, 2.24) is 4.81 Å². The van der Waals surface area contributed by atoms with Gasteiger partial charge in [0.05, 0.1) is 6.07 Å². The molecular weight excluding hydrogens is 195 g/mol. The first-order valence-electron chi connectivity index (χ1n) is 5.46. The molecule has 0 aliphatic carbocycles. The van der Waals surface area contributed by atoms with Gasteiger partial charge in [-0.05, 0) is 19.2 Å². The summed E-state index contributed by atoms with van der Waals surface area (Å²) in [6.45, 7) is 3.07. The molecule has 0 atom stereocenters. The standard InChI is InChI=1S/C13H13BN2/c1-2-16-10-6-9-13(11-15)14(16)12-7-4-3-5-8-12/h3-10H,2H2,1H3. The number of nitrogens with zero attached hydrogens (tertiary/aromatic N) is 2. The summed E-state index contributed by atoms with van der Waals surface area (Å²) in [6, 6.07) is 12.4. The maximum atomic E-state index is 9.16. The van der Waals surface area contributed by atoms with E-state index in [1.54, 1.807) is 0 Å². The molecule has 0 aromatic heterocycles. The molecule has 0 spiro atoms. The van der Waals surface area contributed by atoms with Crippen molar-refractivity contribution in [1.29, 1.82) is 5.26 Å². The molecule has 0 saturated heterocycles. The van der Waals surface area contributed by atoms with Crippen LogP contribution in [0.4, 0.5) is 0 Å². The molecule has 78 valence electrons. The van der Waals surface area contributed by atoms with E-state index in [0.717, 1.165) is 12.0 Å². The quantitative estimate of drug-likeness (QED) is 0.692. The molecule has 0 unspecified atom stereocenters. The van der Waals surface area contributed by atoms with Crippen molar-refractivity contribution >= 4 is 12.3 Å². The van der Waals surface area contributed by atoms with Crippen molar-refractivity contribution in [2.45, 2.75) is 6.92 Å². The molecule has 1 aliphatic rings. The molecule has 0 N–H and O–H groups in total. The van der Waals surface area contributed by atoms with E-state index < -0.39 is 0 Å². The van der Waals surface area contributed by atoms with E-state index in [0.29, 0.717) is 0 Å². The average molecular weight is 208 g/mol. The van der Waals surface area contributed by atoms with Crippen LogP contribution < -0.4 is 5.46 Å². The lowest BCUT2D eigenvalue weighted by Gasteiger charge is -2.28. The molecule has 1 aromatic carbocycles. The van der Waals surface area contributed by atoms with E-state index in [2.05, 4.69) is 29.9 Å². The molecule has 1 aromatic rings. The Morgan fingerprint density at radius 2 is 2.06 bits per heavy atom. The molecule has 0 radical (unpaired) electrons. The SMILES string of the molecule is CCN1C=CC=C(C#N)B1c1ccccc1. The van der Waals surface area contributed by atoms with Gasteiger partial charge in [-0.25, -0.2) is 0 Å². The van der Waals surface area contributed by atoms with Crippen molar-refractivity contribution in [2.75, 3.05) is 6.54 Å². The summed E-state index contributed by atoms with van der Waals surface area (Å²) in [5.41, 5.74) is 1.97. The Morgan fingerprint density at radius 1 is 1.31 bits per heavy atom. The Morgan fingerprint density at radius 3 is 2.69 bits per heavy atom. The van der Waals surface area contributed by atoms with E-state index in [9.17, 15) is 0 Å². The first kappa shape index (κ1) is 10.6. The van der Waals surface area contributed by atoms with Crippen molar-refractivity contribution < 1.29 is 0 Å². The van der Waals surface area contributed by atoms with Gasteiger partial charge in [0.2, 0.25) is 0 Å². The van der Waals surface area contributed by atoms with E-state index in [4.69, 9.17) is 5.26 Å². The van der Waals surface area contributed by atoms with Crippen LogP contribution in [0.25, 0.3) is 0 Å². The average Bonchev–Trinajstić information content (AvgIpc) is 2.38. The number of hydrogen-bond acceptors (Lipinski definition) is 2. The fraction of sp³-hybridized carbons (Fsp3) is 0.154. The second kappa shape index (κ2) is 4.72. The predicted octanol–water partition coefficient (Wildman–Crippen LogP) is 1.72. The highest BCUT2D eigenvalue weighted by atomic mass is 15.0. The van der Waals surface area contributed by atoms with Crippen LogP contribution in [0.5, 0.6) is 0 Å². The van der Waals surface area contributed by atoms with Gasteiger partial charge in [-0.2, -0.15) is 5.26 Å². The summed E-state index contributed by atoms with van der Waals surface area (Å²) in [5.74, 6) is 0. The zero-order valence-electron chi connectivity index (χ0n) is 9.30. The molecule has 2 rings (SSSR count). The second-order valence-corrected chi connectivity index (χ2v) is 3.72. The Kier molecular flexibility index (Phi) is 3.12. The summed E-state index contributed by atoms with van der Waals surface area (Å²) in [5, 5.41) is 9.16. The predicted molar refractivity (Wildman–Crippen MR) is 67.0 cm³/mol. The number of allylic oxidation sites excluding steroid dienone is 3. The third-order valence-corrected chi connectivity index (χ3v) is 2.79. The molecule has 0 amide bonds. The van der Waals surface area contributed by atoms with Gasteiger partial charge in [-0.3, -0.25) is 0 Å². The summed E-state index contributed by atoms with van der Waals surface area (Å²) >= 11 is 0. The highest BCUT2D eigenvalue weighted by Gasteiger charge is 2.28. The molecule has 1 heterocycles. The van der Waals surface area contributed by atoms with Gasteiger partial charge >= 0.3 is 6.85 Å². The van der Waals surface area contributed by atoms with Gasteiger partial charge in [0.15, 0.2) is 0 Å². The molecule has 0 bridgehead atoms. The van der Waals surface area contributed by atoms with Gasteiger partial charge in [0.1, 0.15) is 0 Å². The van der Waals surface area contributed by atoms with Crippen molar-refractivity contribution in [2.24, 2.45) is 0 Å². The largest absolute Gasteiger partial charge is 0.413 e. The fourth-order valence-corrected chi connectivity index (χ4v) is 2.01. The summed E-state index contributed by atoms with van der Waals surface area (Å²) < 4.78 is 0. The third-order valence-electron chi connectivity index (χ3n) is 2.79. The zero-order valence-corrected chi connectivity index (χ0v) is 9.30. The summed E-state index contributed by atoms with van der Waals surface area (Å²) in [4.78, 5) is 2.17. The Balaban J connectivity index is 2.40. The maximum absolute atomic E-state index is 9.16. The summed E-state index contributed by atoms with van der Waals surface area (Å²) in [6.07, 6.45) is 5.86. The first-order valence-corrected chi connectivity index (χ1v) is 5.46. The molecule has 2 nitrogen and oxygen atoms in total.